The van der Waals surface area contributed by atoms with Crippen LogP contribution in [0.4, 0.5) is 26.3 Å². The zero-order valence-electron chi connectivity index (χ0n) is 19.9. The van der Waals surface area contributed by atoms with Crippen molar-refractivity contribution in [2.75, 3.05) is 0 Å². The molecular weight excluding hydrogens is 506 g/mol. The zero-order chi connectivity index (χ0) is 26.1. The van der Waals surface area contributed by atoms with Crippen LogP contribution in [0.3, 0.4) is 0 Å². The van der Waals surface area contributed by atoms with E-state index in [4.69, 9.17) is 0 Å². The van der Waals surface area contributed by atoms with Crippen LogP contribution in [0.1, 0.15) is 63.9 Å². The van der Waals surface area contributed by atoms with Crippen molar-refractivity contribution >= 4 is 22.7 Å². The van der Waals surface area contributed by atoms with Crippen molar-refractivity contribution in [3.63, 3.8) is 0 Å². The molecule has 1 N–H and O–H groups in total. The van der Waals surface area contributed by atoms with Crippen molar-refractivity contribution < 1.29 is 31.4 Å². The van der Waals surface area contributed by atoms with E-state index >= 15 is 17.6 Å². The molecule has 4 rings (SSSR count). The Balaban J connectivity index is 1.90. The Labute approximate surface area is 208 Å². The Hall–Kier alpha value is -1.84. The van der Waals surface area contributed by atoms with E-state index in [0.717, 1.165) is 28.2 Å². The van der Waals surface area contributed by atoms with Crippen LogP contribution in [0.15, 0.2) is 36.4 Å². The molecule has 0 aliphatic heterocycles. The molecule has 3 aromatic rings. The Morgan fingerprint density at radius 1 is 0.829 bits per heavy atom. The monoisotopic (exact) mass is 532 g/mol. The van der Waals surface area contributed by atoms with E-state index < -0.39 is 36.2 Å². The number of hydrogen-bond donors (Lipinski definition) is 1. The first-order valence-corrected chi connectivity index (χ1v) is 12.7. The summed E-state index contributed by atoms with van der Waals surface area (Å²) < 4.78 is 90.1. The van der Waals surface area contributed by atoms with Crippen molar-refractivity contribution in [1.82, 2.24) is 0 Å². The lowest BCUT2D eigenvalue weighted by atomic mass is 9.81. The summed E-state index contributed by atoms with van der Waals surface area (Å²) in [5.41, 5.74) is 0.976. The van der Waals surface area contributed by atoms with Crippen molar-refractivity contribution in [2.45, 2.75) is 76.2 Å². The molecule has 1 aliphatic rings. The van der Waals surface area contributed by atoms with Crippen LogP contribution in [0, 0.1) is 13.8 Å². The van der Waals surface area contributed by atoms with Gasteiger partial charge in [-0.1, -0.05) is 45.0 Å². The third-order valence-electron chi connectivity index (χ3n) is 6.72. The number of hydrogen-bond acceptors (Lipinski definition) is 3. The largest absolute Gasteiger partial charge is 0.391 e. The van der Waals surface area contributed by atoms with Crippen molar-refractivity contribution in [1.29, 1.82) is 0 Å². The number of aliphatic hydroxyl groups excluding tert-OH is 1. The molecule has 1 saturated carbocycles. The van der Waals surface area contributed by atoms with Gasteiger partial charge in [-0.25, -0.2) is 0 Å². The van der Waals surface area contributed by atoms with Crippen LogP contribution in [-0.2, 0) is 12.0 Å². The van der Waals surface area contributed by atoms with Crippen LogP contribution < -0.4 is 0 Å². The van der Waals surface area contributed by atoms with Crippen LogP contribution >= 0.6 is 22.7 Å². The van der Waals surface area contributed by atoms with Crippen molar-refractivity contribution in [2.24, 2.45) is 0 Å². The van der Waals surface area contributed by atoms with Gasteiger partial charge >= 0.3 is 17.8 Å². The van der Waals surface area contributed by atoms with Crippen LogP contribution in [0.5, 0.6) is 0 Å². The average Bonchev–Trinajstić information content (AvgIpc) is 3.35. The van der Waals surface area contributed by atoms with E-state index in [9.17, 15) is 13.9 Å². The highest BCUT2D eigenvalue weighted by Gasteiger charge is 2.85. The average molecular weight is 533 g/mol. The number of aliphatic hydroxyl groups is 1. The smallest absolute Gasteiger partial charge is 0.373 e. The predicted molar refractivity (Wildman–Crippen MR) is 128 cm³/mol. The molecule has 0 amide bonds. The molecule has 1 aliphatic carbocycles. The molecule has 35 heavy (non-hydrogen) atoms. The van der Waals surface area contributed by atoms with Crippen LogP contribution in [0.25, 0.3) is 10.4 Å². The van der Waals surface area contributed by atoms with Gasteiger partial charge < -0.3 is 5.11 Å². The van der Waals surface area contributed by atoms with Gasteiger partial charge in [0.1, 0.15) is 0 Å². The fourth-order valence-corrected chi connectivity index (χ4v) is 6.89. The van der Waals surface area contributed by atoms with Crippen molar-refractivity contribution in [3.8, 4) is 10.4 Å². The van der Waals surface area contributed by atoms with E-state index in [-0.39, 0.29) is 21.4 Å². The molecule has 190 valence electrons. The van der Waals surface area contributed by atoms with E-state index in [0.29, 0.717) is 20.2 Å². The Bertz CT molecular complexity index is 1230. The predicted octanol–water partition coefficient (Wildman–Crippen LogP) is 8.67. The molecule has 9 heteroatoms. The highest BCUT2D eigenvalue weighted by Crippen LogP contribution is 2.69. The highest BCUT2D eigenvalue weighted by atomic mass is 32.1. The maximum Gasteiger partial charge on any atom is 0.373 e. The first-order valence-electron chi connectivity index (χ1n) is 11.1. The number of alkyl halides is 6. The summed E-state index contributed by atoms with van der Waals surface area (Å²) in [5.74, 6) is -20.5. The van der Waals surface area contributed by atoms with Gasteiger partial charge in [0.2, 0.25) is 0 Å². The molecule has 0 saturated heterocycles. The lowest BCUT2D eigenvalue weighted by molar-refractivity contribution is -0.275. The third-order valence-corrected chi connectivity index (χ3v) is 8.89. The summed E-state index contributed by atoms with van der Waals surface area (Å²) in [5, 5.41) is 9.93. The van der Waals surface area contributed by atoms with E-state index in [1.54, 1.807) is 19.1 Å². The summed E-state index contributed by atoms with van der Waals surface area (Å²) in [4.78, 5) is 1.28. The van der Waals surface area contributed by atoms with Gasteiger partial charge in [-0.05, 0) is 53.6 Å². The van der Waals surface area contributed by atoms with Gasteiger partial charge in [-0.15, -0.1) is 22.7 Å². The number of halogens is 6. The molecule has 2 atom stereocenters. The van der Waals surface area contributed by atoms with Gasteiger partial charge in [-0.2, -0.15) is 26.3 Å². The fraction of sp³-hybridized carbons (Fsp3) is 0.462. The molecule has 1 fully saturated rings. The molecule has 1 aromatic carbocycles. The molecule has 0 spiro atoms. The Morgan fingerprint density at radius 2 is 1.37 bits per heavy atom. The number of rotatable bonds is 4. The Kier molecular flexibility index (Phi) is 6.26. The summed E-state index contributed by atoms with van der Waals surface area (Å²) >= 11 is 2.05. The molecule has 1 nitrogen and oxygen atoms in total. The van der Waals surface area contributed by atoms with Gasteiger partial charge in [0.05, 0.1) is 18.4 Å². The Morgan fingerprint density at radius 3 is 1.83 bits per heavy atom. The molecule has 0 bridgehead atoms. The maximum absolute atomic E-state index is 15.3. The first kappa shape index (κ1) is 26.2. The number of thiophene rings is 2. The topological polar surface area (TPSA) is 20.2 Å². The molecule has 2 aromatic heterocycles. The van der Waals surface area contributed by atoms with E-state index in [1.165, 1.54) is 19.1 Å². The molecule has 2 heterocycles. The van der Waals surface area contributed by atoms with Crippen LogP contribution in [0.2, 0.25) is 0 Å². The molecule has 0 radical (unpaired) electrons. The number of aryl methyl sites for hydroxylation is 2. The minimum absolute atomic E-state index is 0.0207. The lowest BCUT2D eigenvalue weighted by Gasteiger charge is -2.25. The minimum atomic E-state index is -5.55. The summed E-state index contributed by atoms with van der Waals surface area (Å²) in [6.07, 6.45) is 0. The summed E-state index contributed by atoms with van der Waals surface area (Å²) in [7, 11) is 0. The van der Waals surface area contributed by atoms with Crippen molar-refractivity contribution in [3.05, 3.63) is 67.7 Å². The summed E-state index contributed by atoms with van der Waals surface area (Å²) in [6, 6.07) is 9.86. The lowest BCUT2D eigenvalue weighted by Crippen LogP contribution is -2.48. The third kappa shape index (κ3) is 3.94. The second kappa shape index (κ2) is 8.35. The second-order valence-electron chi connectivity index (χ2n) is 10.1. The number of benzene rings is 1. The minimum Gasteiger partial charge on any atom is -0.391 e. The van der Waals surface area contributed by atoms with E-state index in [2.05, 4.69) is 0 Å². The van der Waals surface area contributed by atoms with E-state index in [1.807, 2.05) is 32.9 Å². The second-order valence-corrected chi connectivity index (χ2v) is 12.7. The fourth-order valence-electron chi connectivity index (χ4n) is 4.85. The van der Waals surface area contributed by atoms with Gasteiger partial charge in [0.15, 0.2) is 0 Å². The highest BCUT2D eigenvalue weighted by molar-refractivity contribution is 7.15. The molecule has 2 unspecified atom stereocenters. The SMILES string of the molecule is Cc1cc(C2C(c3cc(-c4ccc(C(C)(C)C)cc4)sc3CO)C(F)(F)C(F)(F)C2(F)F)c(C)s1. The molecular formula is C26H26F6OS2. The quantitative estimate of drug-likeness (QED) is 0.333. The van der Waals surface area contributed by atoms with Gasteiger partial charge in [0, 0.05) is 19.5 Å². The standard InChI is InChI=1S/C26H26F6OS2/c1-13-10-17(14(2)34-13)21-22(25(29,30)26(31,32)24(21,27)28)18-11-19(35-20(18)12-33)15-6-8-16(9-7-15)23(3,4)5/h6-11,21-22,33H,12H2,1-5H3. The maximum atomic E-state index is 15.3. The van der Waals surface area contributed by atoms with Gasteiger partial charge in [0.25, 0.3) is 0 Å². The van der Waals surface area contributed by atoms with Crippen LogP contribution in [-0.4, -0.2) is 22.9 Å². The van der Waals surface area contributed by atoms with Gasteiger partial charge in [-0.3, -0.25) is 0 Å². The summed E-state index contributed by atoms with van der Waals surface area (Å²) in [6.45, 7) is 8.46. The zero-order valence-corrected chi connectivity index (χ0v) is 21.5. The first-order chi connectivity index (χ1) is 16.0. The normalized spacial score (nSPS) is 23.1.